The molecule has 166 valence electrons. The lowest BCUT2D eigenvalue weighted by Gasteiger charge is -2.38. The van der Waals surface area contributed by atoms with Crippen LogP contribution in [0.5, 0.6) is 0 Å². The molecule has 4 nitrogen and oxygen atoms in total. The molecule has 0 bridgehead atoms. The Hall–Kier alpha value is -2.54. The highest BCUT2D eigenvalue weighted by Crippen LogP contribution is 2.55. The molecule has 0 spiro atoms. The van der Waals surface area contributed by atoms with Crippen molar-refractivity contribution in [3.8, 4) is 0 Å². The number of nitrogens with one attached hydrogen (secondary N) is 2. The second kappa shape index (κ2) is 8.54. The first-order chi connectivity index (χ1) is 14.7. The Balaban J connectivity index is 1.61. The zero-order chi connectivity index (χ0) is 22.2. The summed E-state index contributed by atoms with van der Waals surface area (Å²) in [6.07, 6.45) is -2.74. The van der Waals surface area contributed by atoms with Gasteiger partial charge in [-0.05, 0) is 74.0 Å². The number of halogens is 3. The van der Waals surface area contributed by atoms with Crippen molar-refractivity contribution >= 4 is 11.6 Å². The number of carbonyl (C=O) groups excluding carboxylic acids is 1. The van der Waals surface area contributed by atoms with E-state index in [1.807, 2.05) is 37.2 Å². The van der Waals surface area contributed by atoms with Gasteiger partial charge in [-0.1, -0.05) is 30.3 Å². The summed E-state index contributed by atoms with van der Waals surface area (Å²) in [4.78, 5) is 13.9. The molecule has 2 N–H and O–H groups in total. The third-order valence-electron chi connectivity index (χ3n) is 6.43. The molecule has 1 saturated carbocycles. The smallest absolute Gasteiger partial charge is 0.378 e. The maximum atomic E-state index is 13.4. The summed E-state index contributed by atoms with van der Waals surface area (Å²) in [6, 6.07) is 14.1. The van der Waals surface area contributed by atoms with Gasteiger partial charge < -0.3 is 15.5 Å². The van der Waals surface area contributed by atoms with Gasteiger partial charge in [-0.15, -0.1) is 0 Å². The van der Waals surface area contributed by atoms with Gasteiger partial charge >= 0.3 is 6.18 Å². The van der Waals surface area contributed by atoms with Gasteiger partial charge in [0.2, 0.25) is 5.91 Å². The minimum Gasteiger partial charge on any atom is -0.378 e. The van der Waals surface area contributed by atoms with Crippen molar-refractivity contribution in [1.29, 1.82) is 0 Å². The Morgan fingerprint density at radius 2 is 1.87 bits per heavy atom. The van der Waals surface area contributed by atoms with Crippen molar-refractivity contribution in [1.82, 2.24) is 10.2 Å². The van der Waals surface area contributed by atoms with Crippen molar-refractivity contribution in [2.45, 2.75) is 31.0 Å². The number of hydrogen-bond acceptors (Lipinski definition) is 3. The van der Waals surface area contributed by atoms with Gasteiger partial charge in [-0.25, -0.2) is 0 Å². The Bertz CT molecular complexity index is 929. The average molecular weight is 432 g/mol. The standard InChI is InChI=1S/C24H28F3N3O/c1-30(2)14-22(31)28-13-15-10-18-19-12-17(24(25,26)27)8-9-21(19)29-23(20(18)11-15)16-6-4-3-5-7-16/h3-9,12,15,18,20,23,29H,10-11,13-14H2,1-2H3,(H,28,31)/t15-,18+,20+,23-/m0/s1. The van der Waals surface area contributed by atoms with Crippen LogP contribution < -0.4 is 10.6 Å². The average Bonchev–Trinajstić information content (AvgIpc) is 3.15. The molecule has 0 unspecified atom stereocenters. The van der Waals surface area contributed by atoms with Crippen molar-refractivity contribution in [3.63, 3.8) is 0 Å². The van der Waals surface area contributed by atoms with E-state index in [2.05, 4.69) is 22.8 Å². The van der Waals surface area contributed by atoms with E-state index in [-0.39, 0.29) is 29.7 Å². The summed E-state index contributed by atoms with van der Waals surface area (Å²) in [7, 11) is 3.68. The van der Waals surface area contributed by atoms with E-state index in [1.165, 1.54) is 6.07 Å². The van der Waals surface area contributed by atoms with E-state index in [0.29, 0.717) is 13.1 Å². The normalized spacial score (nSPS) is 25.0. The first-order valence-electron chi connectivity index (χ1n) is 10.7. The summed E-state index contributed by atoms with van der Waals surface area (Å²) >= 11 is 0. The minimum atomic E-state index is -4.36. The molecule has 0 aromatic heterocycles. The van der Waals surface area contributed by atoms with Gasteiger partial charge in [0.1, 0.15) is 0 Å². The van der Waals surface area contributed by atoms with E-state index in [9.17, 15) is 18.0 Å². The number of anilines is 1. The van der Waals surface area contributed by atoms with Gasteiger partial charge in [0.25, 0.3) is 0 Å². The maximum Gasteiger partial charge on any atom is 0.416 e. The highest BCUT2D eigenvalue weighted by molar-refractivity contribution is 5.77. The monoisotopic (exact) mass is 431 g/mol. The molecule has 2 aromatic rings. The number of hydrogen-bond donors (Lipinski definition) is 2. The molecule has 1 aliphatic heterocycles. The molecule has 1 aliphatic carbocycles. The quantitative estimate of drug-likeness (QED) is 0.724. The topological polar surface area (TPSA) is 44.4 Å². The van der Waals surface area contributed by atoms with Crippen molar-refractivity contribution in [3.05, 3.63) is 65.2 Å². The van der Waals surface area contributed by atoms with Crippen LogP contribution in [0, 0.1) is 11.8 Å². The Kier molecular flexibility index (Phi) is 5.97. The van der Waals surface area contributed by atoms with Crippen molar-refractivity contribution in [2.75, 3.05) is 32.5 Å². The summed E-state index contributed by atoms with van der Waals surface area (Å²) < 4.78 is 40.1. The van der Waals surface area contributed by atoms with Crippen LogP contribution in [0.1, 0.15) is 41.5 Å². The number of benzene rings is 2. The van der Waals surface area contributed by atoms with Crippen LogP contribution in [-0.2, 0) is 11.0 Å². The molecule has 1 amide bonds. The van der Waals surface area contributed by atoms with Crippen LogP contribution in [0.2, 0.25) is 0 Å². The third kappa shape index (κ3) is 4.71. The molecule has 1 heterocycles. The number of alkyl halides is 3. The molecule has 0 saturated heterocycles. The predicted molar refractivity (Wildman–Crippen MR) is 115 cm³/mol. The van der Waals surface area contributed by atoms with Gasteiger partial charge in [-0.2, -0.15) is 13.2 Å². The maximum absolute atomic E-state index is 13.4. The van der Waals surface area contributed by atoms with Crippen molar-refractivity contribution in [2.24, 2.45) is 11.8 Å². The molecule has 31 heavy (non-hydrogen) atoms. The number of amides is 1. The van der Waals surface area contributed by atoms with E-state index in [4.69, 9.17) is 0 Å². The second-order valence-electron chi connectivity index (χ2n) is 8.98. The summed E-state index contributed by atoms with van der Waals surface area (Å²) in [5.41, 5.74) is 2.06. The fourth-order valence-electron chi connectivity index (χ4n) is 5.12. The highest BCUT2D eigenvalue weighted by atomic mass is 19.4. The number of fused-ring (bicyclic) bond motifs is 3. The van der Waals surface area contributed by atoms with E-state index in [0.717, 1.165) is 35.7 Å². The number of nitrogens with zero attached hydrogens (tertiary/aromatic N) is 1. The molecule has 2 aromatic carbocycles. The lowest BCUT2D eigenvalue weighted by Crippen LogP contribution is -2.35. The molecule has 0 radical (unpaired) electrons. The first-order valence-corrected chi connectivity index (χ1v) is 10.7. The van der Waals surface area contributed by atoms with Gasteiger partial charge in [0, 0.05) is 12.2 Å². The van der Waals surface area contributed by atoms with E-state index >= 15 is 0 Å². The third-order valence-corrected chi connectivity index (χ3v) is 6.43. The molecule has 2 aliphatic rings. The molecule has 4 rings (SSSR count). The lowest BCUT2D eigenvalue weighted by atomic mass is 9.77. The van der Waals surface area contributed by atoms with Crippen molar-refractivity contribution < 1.29 is 18.0 Å². The van der Waals surface area contributed by atoms with Crippen LogP contribution in [0.15, 0.2) is 48.5 Å². The molecular formula is C24H28F3N3O. The molecule has 7 heteroatoms. The minimum absolute atomic E-state index is 0.0273. The van der Waals surface area contributed by atoms with Crippen LogP contribution in [0.3, 0.4) is 0 Å². The van der Waals surface area contributed by atoms with Crippen LogP contribution in [0.4, 0.5) is 18.9 Å². The summed E-state index contributed by atoms with van der Waals surface area (Å²) in [6.45, 7) is 0.876. The summed E-state index contributed by atoms with van der Waals surface area (Å²) in [5.74, 6) is 0.403. The number of carbonyl (C=O) groups is 1. The molecule has 4 atom stereocenters. The molecule has 1 fully saturated rings. The Morgan fingerprint density at radius 1 is 1.13 bits per heavy atom. The number of rotatable bonds is 5. The van der Waals surface area contributed by atoms with Crippen LogP contribution in [0.25, 0.3) is 0 Å². The zero-order valence-corrected chi connectivity index (χ0v) is 17.7. The van der Waals surface area contributed by atoms with Gasteiger partial charge in [0.15, 0.2) is 0 Å². The lowest BCUT2D eigenvalue weighted by molar-refractivity contribution is -0.137. The van der Waals surface area contributed by atoms with E-state index in [1.54, 1.807) is 6.07 Å². The summed E-state index contributed by atoms with van der Waals surface area (Å²) in [5, 5.41) is 6.51. The fraction of sp³-hybridized carbons (Fsp3) is 0.458. The van der Waals surface area contributed by atoms with Gasteiger partial charge in [0.05, 0.1) is 18.2 Å². The second-order valence-corrected chi connectivity index (χ2v) is 8.98. The number of likely N-dealkylation sites (N-methyl/N-ethyl adjacent to an activating group) is 1. The predicted octanol–water partition coefficient (Wildman–Crippen LogP) is 4.66. The van der Waals surface area contributed by atoms with Crippen LogP contribution >= 0.6 is 0 Å². The fourth-order valence-corrected chi connectivity index (χ4v) is 5.12. The van der Waals surface area contributed by atoms with Crippen LogP contribution in [-0.4, -0.2) is 38.0 Å². The largest absolute Gasteiger partial charge is 0.416 e. The molecular weight excluding hydrogens is 403 g/mol. The Labute approximate surface area is 180 Å². The Morgan fingerprint density at radius 3 is 2.55 bits per heavy atom. The SMILES string of the molecule is CN(C)CC(=O)NC[C@@H]1C[C@@H]2[C@H](C1)c1cc(C(F)(F)F)ccc1N[C@H]2c1ccccc1. The first kappa shape index (κ1) is 21.7. The highest BCUT2D eigenvalue weighted by Gasteiger charge is 2.45. The zero-order valence-electron chi connectivity index (χ0n) is 17.7. The van der Waals surface area contributed by atoms with Gasteiger partial charge in [-0.3, -0.25) is 4.79 Å². The van der Waals surface area contributed by atoms with E-state index < -0.39 is 11.7 Å².